The van der Waals surface area contributed by atoms with Crippen LogP contribution in [0.2, 0.25) is 0 Å². The molecule has 2 radical (unpaired) electrons. The summed E-state index contributed by atoms with van der Waals surface area (Å²) in [5.74, 6) is 0. The van der Waals surface area contributed by atoms with Crippen molar-refractivity contribution < 1.29 is 15.0 Å². The molecule has 0 rings (SSSR count). The van der Waals surface area contributed by atoms with Crippen molar-refractivity contribution in [2.24, 2.45) is 0 Å². The Morgan fingerprint density at radius 2 is 1.40 bits per heavy atom. The van der Waals surface area contributed by atoms with E-state index < -0.39 is 6.16 Å². The van der Waals surface area contributed by atoms with Crippen molar-refractivity contribution in [2.45, 2.75) is 0 Å². The summed E-state index contributed by atoms with van der Waals surface area (Å²) < 4.78 is 0. The van der Waals surface area contributed by atoms with Crippen molar-refractivity contribution in [2.75, 3.05) is 0 Å². The first-order valence-electron chi connectivity index (χ1n) is 0.651. The summed E-state index contributed by atoms with van der Waals surface area (Å²) in [6, 6.07) is 0. The van der Waals surface area contributed by atoms with Gasteiger partial charge in [0.15, 0.2) is 0 Å². The Morgan fingerprint density at radius 1 is 1.40 bits per heavy atom. The Labute approximate surface area is 47.7 Å². The number of carboxylic acid groups (broad SMARTS) is 2. The topological polar surface area (TPSA) is 57.5 Å². The molecule has 2 N–H and O–H groups in total. The van der Waals surface area contributed by atoms with Crippen LogP contribution in [0.1, 0.15) is 0 Å². The summed E-state index contributed by atoms with van der Waals surface area (Å²) in [4.78, 5) is 8.56. The Morgan fingerprint density at radius 3 is 1.40 bits per heavy atom. The van der Waals surface area contributed by atoms with Crippen LogP contribution in [0.15, 0.2) is 0 Å². The molecule has 0 saturated heterocycles. The number of hydrogen-bond acceptors (Lipinski definition) is 1. The van der Waals surface area contributed by atoms with E-state index in [1.165, 1.54) is 0 Å². The average molecular weight is 271 g/mol. The van der Waals surface area contributed by atoms with Crippen LogP contribution >= 0.6 is 0 Å². The minimum Gasteiger partial charge on any atom is -0.450 e. The van der Waals surface area contributed by atoms with Crippen molar-refractivity contribution >= 4 is 32.4 Å². The summed E-state index contributed by atoms with van der Waals surface area (Å²) in [7, 11) is 0. The predicted octanol–water partition coefficient (Wildman–Crippen LogP) is -0.158. The van der Waals surface area contributed by atoms with Gasteiger partial charge in [-0.25, -0.2) is 4.79 Å². The van der Waals surface area contributed by atoms with Crippen LogP contribution in [-0.2, 0) is 0 Å². The summed E-state index contributed by atoms with van der Waals surface area (Å²) in [6.45, 7) is 0. The largest absolute Gasteiger partial charge is 3.00 e. The van der Waals surface area contributed by atoms with E-state index in [9.17, 15) is 0 Å². The fourth-order valence-corrected chi connectivity index (χ4v) is 0. The van der Waals surface area contributed by atoms with E-state index >= 15 is 0 Å². The Kier molecular flexibility index (Phi) is 7.43. The molecule has 0 fully saturated rings. The van der Waals surface area contributed by atoms with E-state index in [4.69, 9.17) is 15.0 Å². The number of hydrogen-bond donors (Lipinski definition) is 2. The molecule has 26 valence electrons. The van der Waals surface area contributed by atoms with Crippen LogP contribution in [0.3, 0.4) is 0 Å². The van der Waals surface area contributed by atoms with Crippen molar-refractivity contribution in [3.63, 3.8) is 0 Å². The number of carbonyl (C=O) groups is 1. The molecule has 0 atom stereocenters. The molecule has 0 saturated carbocycles. The molecule has 0 bridgehead atoms. The molecule has 0 heterocycles. The normalized spacial score (nSPS) is 4.80. The van der Waals surface area contributed by atoms with Crippen molar-refractivity contribution in [1.82, 2.24) is 0 Å². The van der Waals surface area contributed by atoms with Gasteiger partial charge in [0.2, 0.25) is 0 Å². The Balaban J connectivity index is 0. The maximum atomic E-state index is 8.56. The zero-order valence-corrected chi connectivity index (χ0v) is 5.73. The van der Waals surface area contributed by atoms with Gasteiger partial charge in [0.1, 0.15) is 0 Å². The van der Waals surface area contributed by atoms with E-state index in [-0.39, 0.29) is 26.2 Å². The standard InChI is InChI=1S/CH2O3.Bi/c2-1(3)4;/h(H2,2,3,4);/q;+3. The Bertz CT molecular complexity index is 29.9. The second-order valence-electron chi connectivity index (χ2n) is 0.283. The minimum atomic E-state index is -1.83. The second kappa shape index (κ2) is 4.15. The first-order valence-corrected chi connectivity index (χ1v) is 0.651. The van der Waals surface area contributed by atoms with Gasteiger partial charge in [-0.2, -0.15) is 0 Å². The monoisotopic (exact) mass is 271 g/mol. The molecular weight excluding hydrogens is 269 g/mol. The average Bonchev–Trinajstić information content (AvgIpc) is 0.811. The van der Waals surface area contributed by atoms with Gasteiger partial charge in [-0.15, -0.1) is 0 Å². The van der Waals surface area contributed by atoms with Crippen LogP contribution in [0.5, 0.6) is 0 Å². The van der Waals surface area contributed by atoms with Crippen LogP contribution < -0.4 is 0 Å². The SMILES string of the molecule is O=C(O)O.[Bi+3]. The van der Waals surface area contributed by atoms with Gasteiger partial charge >= 0.3 is 32.4 Å². The molecule has 3 nitrogen and oxygen atoms in total. The fraction of sp³-hybridized carbons (Fsp3) is 0. The van der Waals surface area contributed by atoms with Crippen LogP contribution in [0.4, 0.5) is 4.79 Å². The first kappa shape index (κ1) is 8.94. The van der Waals surface area contributed by atoms with Gasteiger partial charge in [0.05, 0.1) is 0 Å². The van der Waals surface area contributed by atoms with Crippen molar-refractivity contribution in [3.8, 4) is 0 Å². The molecule has 5 heavy (non-hydrogen) atoms. The molecule has 0 aliphatic rings. The Hall–Kier alpha value is 0.153. The predicted molar refractivity (Wildman–Crippen MR) is 16.4 cm³/mol. The van der Waals surface area contributed by atoms with Gasteiger partial charge < -0.3 is 10.2 Å². The zero-order chi connectivity index (χ0) is 3.58. The van der Waals surface area contributed by atoms with Gasteiger partial charge in [0, 0.05) is 0 Å². The summed E-state index contributed by atoms with van der Waals surface area (Å²) in [6.07, 6.45) is -1.83. The third-order valence-electron chi connectivity index (χ3n) is 0. The van der Waals surface area contributed by atoms with Gasteiger partial charge in [-0.1, -0.05) is 0 Å². The third-order valence-corrected chi connectivity index (χ3v) is 0. The van der Waals surface area contributed by atoms with Crippen molar-refractivity contribution in [3.05, 3.63) is 0 Å². The molecule has 0 aromatic rings. The fourth-order valence-electron chi connectivity index (χ4n) is 0. The van der Waals surface area contributed by atoms with Gasteiger partial charge in [-0.05, 0) is 0 Å². The molecule has 0 aromatic carbocycles. The van der Waals surface area contributed by atoms with E-state index in [1.54, 1.807) is 0 Å². The zero-order valence-electron chi connectivity index (χ0n) is 2.25. The quantitative estimate of drug-likeness (QED) is 0.602. The van der Waals surface area contributed by atoms with Gasteiger partial charge in [-0.3, -0.25) is 0 Å². The molecule has 0 amide bonds. The van der Waals surface area contributed by atoms with Crippen LogP contribution in [0, 0.1) is 0 Å². The number of rotatable bonds is 0. The smallest absolute Gasteiger partial charge is 0.450 e. The van der Waals surface area contributed by atoms with E-state index in [2.05, 4.69) is 0 Å². The van der Waals surface area contributed by atoms with E-state index in [0.717, 1.165) is 0 Å². The maximum absolute atomic E-state index is 8.56. The van der Waals surface area contributed by atoms with E-state index in [0.29, 0.717) is 0 Å². The molecule has 4 heteroatoms. The molecule has 0 spiro atoms. The molecule has 0 aromatic heterocycles. The molecular formula is CH2BiO3+3. The summed E-state index contributed by atoms with van der Waals surface area (Å²) >= 11 is 0. The van der Waals surface area contributed by atoms with Gasteiger partial charge in [0.25, 0.3) is 0 Å². The minimum absolute atomic E-state index is 0. The molecule has 0 unspecified atom stereocenters. The summed E-state index contributed by atoms with van der Waals surface area (Å²) in [5, 5.41) is 13.9. The second-order valence-corrected chi connectivity index (χ2v) is 0.283. The van der Waals surface area contributed by atoms with Crippen molar-refractivity contribution in [1.29, 1.82) is 0 Å². The molecule has 0 aliphatic carbocycles. The molecule has 0 aliphatic heterocycles. The summed E-state index contributed by atoms with van der Waals surface area (Å²) in [5.41, 5.74) is 0. The van der Waals surface area contributed by atoms with E-state index in [1.807, 2.05) is 0 Å². The van der Waals surface area contributed by atoms with Crippen LogP contribution in [-0.4, -0.2) is 42.6 Å². The third kappa shape index (κ3) is 821. The van der Waals surface area contributed by atoms with Crippen LogP contribution in [0.25, 0.3) is 0 Å². The maximum Gasteiger partial charge on any atom is 3.00 e. The first-order chi connectivity index (χ1) is 1.73.